The lowest BCUT2D eigenvalue weighted by Crippen LogP contribution is -2.40. The van der Waals surface area contributed by atoms with E-state index in [1.165, 1.54) is 12.8 Å². The molecule has 1 fully saturated rings. The number of carbonyl (C=O) groups excluding carboxylic acids is 1. The average molecular weight is 271 g/mol. The smallest absolute Gasteiger partial charge is 0.252 e. The molecule has 0 saturated carbocycles. The van der Waals surface area contributed by atoms with Gasteiger partial charge in [-0.3, -0.25) is 9.69 Å². The maximum Gasteiger partial charge on any atom is 0.252 e. The number of amides is 1. The Morgan fingerprint density at radius 3 is 3.20 bits per heavy atom. The fourth-order valence-corrected chi connectivity index (χ4v) is 3.13. The van der Waals surface area contributed by atoms with Crippen LogP contribution in [-0.2, 0) is 0 Å². The van der Waals surface area contributed by atoms with E-state index in [-0.39, 0.29) is 5.91 Å². The number of nitrogens with one attached hydrogen (secondary N) is 2. The lowest BCUT2D eigenvalue weighted by atomic mass is 10.1. The first-order valence-electron chi connectivity index (χ1n) is 7.38. The van der Waals surface area contributed by atoms with Gasteiger partial charge in [0.25, 0.3) is 5.91 Å². The van der Waals surface area contributed by atoms with Crippen molar-refractivity contribution in [3.63, 3.8) is 0 Å². The van der Waals surface area contributed by atoms with Crippen molar-refractivity contribution in [1.29, 1.82) is 0 Å². The lowest BCUT2D eigenvalue weighted by Gasteiger charge is -2.22. The molecule has 1 aliphatic rings. The minimum atomic E-state index is 0.0261. The highest BCUT2D eigenvalue weighted by Gasteiger charge is 2.23. The Balaban J connectivity index is 1.69. The van der Waals surface area contributed by atoms with Crippen molar-refractivity contribution >= 4 is 16.8 Å². The summed E-state index contributed by atoms with van der Waals surface area (Å²) in [6, 6.07) is 8.24. The van der Waals surface area contributed by atoms with Crippen LogP contribution in [0.15, 0.2) is 30.5 Å². The highest BCUT2D eigenvalue weighted by Crippen LogP contribution is 2.18. The first-order valence-corrected chi connectivity index (χ1v) is 7.38. The van der Waals surface area contributed by atoms with Crippen molar-refractivity contribution in [2.45, 2.75) is 25.8 Å². The highest BCUT2D eigenvalue weighted by molar-refractivity contribution is 6.06. The molecule has 2 aromatic rings. The van der Waals surface area contributed by atoms with Gasteiger partial charge in [-0.25, -0.2) is 0 Å². The molecule has 2 heterocycles. The van der Waals surface area contributed by atoms with Crippen LogP contribution in [0.3, 0.4) is 0 Å². The molecule has 1 aromatic carbocycles. The zero-order valence-corrected chi connectivity index (χ0v) is 11.9. The van der Waals surface area contributed by atoms with Gasteiger partial charge in [0, 0.05) is 35.2 Å². The second-order valence-electron chi connectivity index (χ2n) is 5.38. The standard InChI is InChI=1S/C16H21N3O/c1-2-19-10-4-5-12(19)11-18-16(20)14-6-3-7-15-13(14)8-9-17-15/h3,6-9,12,17H,2,4-5,10-11H2,1H3,(H,18,20)/t12-/m0/s1. The quantitative estimate of drug-likeness (QED) is 0.897. The van der Waals surface area contributed by atoms with Crippen LogP contribution in [0.4, 0.5) is 0 Å². The molecule has 106 valence electrons. The number of likely N-dealkylation sites (tertiary alicyclic amines) is 1. The molecular formula is C16H21N3O. The number of likely N-dealkylation sites (N-methyl/N-ethyl adjacent to an activating group) is 1. The third-order valence-corrected chi connectivity index (χ3v) is 4.24. The summed E-state index contributed by atoms with van der Waals surface area (Å²) in [5.41, 5.74) is 1.76. The van der Waals surface area contributed by atoms with Crippen LogP contribution in [0.5, 0.6) is 0 Å². The van der Waals surface area contributed by atoms with Gasteiger partial charge in [0.15, 0.2) is 0 Å². The fourth-order valence-electron chi connectivity index (χ4n) is 3.13. The Bertz CT molecular complexity index is 605. The maximum atomic E-state index is 12.4. The molecule has 1 amide bonds. The molecule has 1 saturated heterocycles. The largest absolute Gasteiger partial charge is 0.361 e. The Morgan fingerprint density at radius 2 is 2.35 bits per heavy atom. The Kier molecular flexibility index (Phi) is 3.74. The number of carbonyl (C=O) groups is 1. The van der Waals surface area contributed by atoms with E-state index in [1.807, 2.05) is 30.5 Å². The van der Waals surface area contributed by atoms with Crippen molar-refractivity contribution in [2.24, 2.45) is 0 Å². The van der Waals surface area contributed by atoms with E-state index in [0.29, 0.717) is 6.04 Å². The molecule has 0 radical (unpaired) electrons. The summed E-state index contributed by atoms with van der Waals surface area (Å²) in [7, 11) is 0. The van der Waals surface area contributed by atoms with E-state index in [1.54, 1.807) is 0 Å². The van der Waals surface area contributed by atoms with Crippen LogP contribution in [0.2, 0.25) is 0 Å². The van der Waals surface area contributed by atoms with Gasteiger partial charge in [-0.15, -0.1) is 0 Å². The van der Waals surface area contributed by atoms with Gasteiger partial charge in [0.05, 0.1) is 0 Å². The number of rotatable bonds is 4. The summed E-state index contributed by atoms with van der Waals surface area (Å²) >= 11 is 0. The summed E-state index contributed by atoms with van der Waals surface area (Å²) < 4.78 is 0. The number of fused-ring (bicyclic) bond motifs is 1. The van der Waals surface area contributed by atoms with Crippen molar-refractivity contribution in [3.05, 3.63) is 36.0 Å². The van der Waals surface area contributed by atoms with Crippen LogP contribution < -0.4 is 5.32 Å². The third kappa shape index (κ3) is 2.43. The second-order valence-corrected chi connectivity index (χ2v) is 5.38. The van der Waals surface area contributed by atoms with Gasteiger partial charge >= 0.3 is 0 Å². The molecule has 20 heavy (non-hydrogen) atoms. The monoisotopic (exact) mass is 271 g/mol. The number of aromatic nitrogens is 1. The molecule has 1 aliphatic heterocycles. The van der Waals surface area contributed by atoms with Crippen LogP contribution in [0, 0.1) is 0 Å². The normalized spacial score (nSPS) is 19.6. The zero-order chi connectivity index (χ0) is 13.9. The van der Waals surface area contributed by atoms with Crippen molar-refractivity contribution in [3.8, 4) is 0 Å². The maximum absolute atomic E-state index is 12.4. The first-order chi connectivity index (χ1) is 9.79. The topological polar surface area (TPSA) is 48.1 Å². The third-order valence-electron chi connectivity index (χ3n) is 4.24. The van der Waals surface area contributed by atoms with Crippen LogP contribution in [-0.4, -0.2) is 41.5 Å². The predicted molar refractivity (Wildman–Crippen MR) is 80.9 cm³/mol. The molecule has 4 heteroatoms. The summed E-state index contributed by atoms with van der Waals surface area (Å²) in [6.07, 6.45) is 4.29. The lowest BCUT2D eigenvalue weighted by molar-refractivity contribution is 0.0943. The molecule has 1 aromatic heterocycles. The van der Waals surface area contributed by atoms with E-state index >= 15 is 0 Å². The van der Waals surface area contributed by atoms with Gasteiger partial charge in [-0.2, -0.15) is 0 Å². The summed E-state index contributed by atoms with van der Waals surface area (Å²) in [5, 5.41) is 4.08. The number of H-pyrrole nitrogens is 1. The molecule has 0 bridgehead atoms. The molecule has 2 N–H and O–H groups in total. The van der Waals surface area contributed by atoms with Crippen molar-refractivity contribution < 1.29 is 4.79 Å². The van der Waals surface area contributed by atoms with E-state index in [0.717, 1.165) is 36.1 Å². The van der Waals surface area contributed by atoms with Crippen molar-refractivity contribution in [2.75, 3.05) is 19.6 Å². The number of nitrogens with zero attached hydrogens (tertiary/aromatic N) is 1. The zero-order valence-electron chi connectivity index (χ0n) is 11.9. The highest BCUT2D eigenvalue weighted by atomic mass is 16.1. The van der Waals surface area contributed by atoms with Gasteiger partial charge < -0.3 is 10.3 Å². The average Bonchev–Trinajstić information content (AvgIpc) is 3.12. The predicted octanol–water partition coefficient (Wildman–Crippen LogP) is 2.38. The van der Waals surface area contributed by atoms with Gasteiger partial charge in [-0.1, -0.05) is 13.0 Å². The SMILES string of the molecule is CCN1CCC[C@H]1CNC(=O)c1cccc2[nH]ccc12. The number of hydrogen-bond donors (Lipinski definition) is 2. The minimum absolute atomic E-state index is 0.0261. The van der Waals surface area contributed by atoms with E-state index in [4.69, 9.17) is 0 Å². The van der Waals surface area contributed by atoms with E-state index < -0.39 is 0 Å². The molecule has 0 unspecified atom stereocenters. The van der Waals surface area contributed by atoms with Crippen LogP contribution in [0.25, 0.3) is 10.9 Å². The Morgan fingerprint density at radius 1 is 1.45 bits per heavy atom. The summed E-state index contributed by atoms with van der Waals surface area (Å²) in [4.78, 5) is 17.9. The molecule has 0 aliphatic carbocycles. The molecule has 1 atom stereocenters. The Hall–Kier alpha value is -1.81. The number of aromatic amines is 1. The summed E-state index contributed by atoms with van der Waals surface area (Å²) in [5.74, 6) is 0.0261. The fraction of sp³-hybridized carbons (Fsp3) is 0.438. The first kappa shape index (κ1) is 13.2. The molecule has 4 nitrogen and oxygen atoms in total. The minimum Gasteiger partial charge on any atom is -0.361 e. The van der Waals surface area contributed by atoms with Crippen LogP contribution in [0.1, 0.15) is 30.1 Å². The molecule has 0 spiro atoms. The van der Waals surface area contributed by atoms with Crippen LogP contribution >= 0.6 is 0 Å². The van der Waals surface area contributed by atoms with Gasteiger partial charge in [0.1, 0.15) is 0 Å². The van der Waals surface area contributed by atoms with Gasteiger partial charge in [-0.05, 0) is 44.1 Å². The number of benzene rings is 1. The van der Waals surface area contributed by atoms with E-state index in [9.17, 15) is 4.79 Å². The van der Waals surface area contributed by atoms with E-state index in [2.05, 4.69) is 22.1 Å². The number of hydrogen-bond acceptors (Lipinski definition) is 2. The second kappa shape index (κ2) is 5.67. The molecule has 3 rings (SSSR count). The Labute approximate surface area is 119 Å². The summed E-state index contributed by atoms with van der Waals surface area (Å²) in [6.45, 7) is 5.15. The van der Waals surface area contributed by atoms with Gasteiger partial charge in [0.2, 0.25) is 0 Å². The van der Waals surface area contributed by atoms with Crippen molar-refractivity contribution in [1.82, 2.24) is 15.2 Å². The molecular weight excluding hydrogens is 250 g/mol.